The summed E-state index contributed by atoms with van der Waals surface area (Å²) in [5, 5.41) is 8.73. The molecule has 0 aromatic heterocycles. The third-order valence-corrected chi connectivity index (χ3v) is 2.16. The van der Waals surface area contributed by atoms with E-state index in [4.69, 9.17) is 5.26 Å². The van der Waals surface area contributed by atoms with E-state index in [1.807, 2.05) is 0 Å². The van der Waals surface area contributed by atoms with Crippen LogP contribution in [-0.2, 0) is 4.74 Å². The zero-order valence-electron chi connectivity index (χ0n) is 9.79. The fraction of sp³-hybridized carbons (Fsp3) is 0.273. The van der Waals surface area contributed by atoms with Crippen LogP contribution in [0.15, 0.2) is 12.1 Å². The Kier molecular flexibility index (Phi) is 4.49. The van der Waals surface area contributed by atoms with Crippen molar-refractivity contribution in [1.82, 2.24) is 0 Å². The van der Waals surface area contributed by atoms with Gasteiger partial charge in [0.1, 0.15) is 11.8 Å². The average molecular weight is 295 g/mol. The largest absolute Gasteiger partial charge is 0.573 e. The Morgan fingerprint density at radius 1 is 1.35 bits per heavy atom. The summed E-state index contributed by atoms with van der Waals surface area (Å²) < 4.78 is 69.9. The minimum Gasteiger partial charge on any atom is -0.465 e. The van der Waals surface area contributed by atoms with Gasteiger partial charge in [-0.05, 0) is 12.1 Å². The molecule has 0 aliphatic rings. The maximum atomic E-state index is 12.9. The minimum atomic E-state index is -5.22. The van der Waals surface area contributed by atoms with E-state index in [0.717, 1.165) is 13.2 Å². The number of esters is 1. The van der Waals surface area contributed by atoms with Crippen molar-refractivity contribution in [2.24, 2.45) is 0 Å². The molecule has 0 unspecified atom stereocenters. The molecule has 0 aliphatic heterocycles. The molecule has 0 amide bonds. The first-order chi connectivity index (χ1) is 9.21. The Morgan fingerprint density at radius 3 is 2.35 bits per heavy atom. The molecular weight excluding hydrogens is 289 g/mol. The summed E-state index contributed by atoms with van der Waals surface area (Å²) in [6.07, 6.45) is -8.68. The van der Waals surface area contributed by atoms with E-state index in [9.17, 15) is 26.7 Å². The maximum Gasteiger partial charge on any atom is 0.573 e. The predicted octanol–water partition coefficient (Wildman–Crippen LogP) is 3.18. The SMILES string of the molecule is COC(=O)c1c(C#N)ccc(OC(F)(F)F)c1C(F)F. The quantitative estimate of drug-likeness (QED) is 0.634. The smallest absolute Gasteiger partial charge is 0.465 e. The second kappa shape index (κ2) is 5.73. The van der Waals surface area contributed by atoms with Crippen LogP contribution in [0.25, 0.3) is 0 Å². The minimum absolute atomic E-state index is 0.540. The predicted molar refractivity (Wildman–Crippen MR) is 54.1 cm³/mol. The zero-order chi connectivity index (χ0) is 15.5. The average Bonchev–Trinajstić information content (AvgIpc) is 2.34. The first kappa shape index (κ1) is 15.7. The Balaban J connectivity index is 3.57. The van der Waals surface area contributed by atoms with Crippen LogP contribution in [-0.4, -0.2) is 19.4 Å². The van der Waals surface area contributed by atoms with E-state index in [1.54, 1.807) is 0 Å². The van der Waals surface area contributed by atoms with Crippen molar-refractivity contribution >= 4 is 5.97 Å². The highest BCUT2D eigenvalue weighted by atomic mass is 19.4. The molecule has 0 saturated heterocycles. The van der Waals surface area contributed by atoms with Crippen molar-refractivity contribution in [3.8, 4) is 11.8 Å². The van der Waals surface area contributed by atoms with Gasteiger partial charge >= 0.3 is 12.3 Å². The molecule has 108 valence electrons. The van der Waals surface area contributed by atoms with Crippen LogP contribution in [0.4, 0.5) is 22.0 Å². The van der Waals surface area contributed by atoms with Crippen molar-refractivity contribution < 1.29 is 36.2 Å². The standard InChI is InChI=1S/C11H6F5NO3/c1-19-10(18)7-5(4-17)2-3-6(8(7)9(12)13)20-11(14,15)16/h2-3,9H,1H3. The van der Waals surface area contributed by atoms with Crippen molar-refractivity contribution in [3.05, 3.63) is 28.8 Å². The highest BCUT2D eigenvalue weighted by Crippen LogP contribution is 2.37. The van der Waals surface area contributed by atoms with Gasteiger partial charge in [-0.25, -0.2) is 13.6 Å². The molecule has 0 atom stereocenters. The van der Waals surface area contributed by atoms with Crippen LogP contribution in [0.3, 0.4) is 0 Å². The Labute approximate surface area is 109 Å². The van der Waals surface area contributed by atoms with Gasteiger partial charge in [-0.3, -0.25) is 0 Å². The number of alkyl halides is 5. The third-order valence-electron chi connectivity index (χ3n) is 2.16. The molecule has 0 fully saturated rings. The number of rotatable bonds is 3. The molecule has 0 saturated carbocycles. The number of methoxy groups -OCH3 is 1. The summed E-state index contributed by atoms with van der Waals surface area (Å²) in [6.45, 7) is 0. The fourth-order valence-corrected chi connectivity index (χ4v) is 1.45. The lowest BCUT2D eigenvalue weighted by molar-refractivity contribution is -0.275. The number of carbonyl (C=O) groups is 1. The number of hydrogen-bond acceptors (Lipinski definition) is 4. The molecule has 0 spiro atoms. The first-order valence-corrected chi connectivity index (χ1v) is 4.90. The second-order valence-electron chi connectivity index (χ2n) is 3.35. The van der Waals surface area contributed by atoms with Crippen molar-refractivity contribution in [3.63, 3.8) is 0 Å². The van der Waals surface area contributed by atoms with Crippen molar-refractivity contribution in [2.75, 3.05) is 7.11 Å². The van der Waals surface area contributed by atoms with E-state index in [0.29, 0.717) is 6.07 Å². The highest BCUT2D eigenvalue weighted by Gasteiger charge is 2.36. The lowest BCUT2D eigenvalue weighted by Gasteiger charge is -2.16. The zero-order valence-corrected chi connectivity index (χ0v) is 9.79. The van der Waals surface area contributed by atoms with Gasteiger partial charge in [0.15, 0.2) is 0 Å². The molecule has 0 bridgehead atoms. The van der Waals surface area contributed by atoms with E-state index in [1.165, 1.54) is 6.07 Å². The van der Waals surface area contributed by atoms with Gasteiger partial charge in [0.2, 0.25) is 0 Å². The lowest BCUT2D eigenvalue weighted by atomic mass is 10.0. The first-order valence-electron chi connectivity index (χ1n) is 4.90. The molecule has 0 heterocycles. The van der Waals surface area contributed by atoms with Crippen molar-refractivity contribution in [2.45, 2.75) is 12.8 Å². The molecule has 0 aliphatic carbocycles. The molecule has 1 rings (SSSR count). The molecule has 20 heavy (non-hydrogen) atoms. The van der Waals surface area contributed by atoms with Crippen LogP contribution >= 0.6 is 0 Å². The monoisotopic (exact) mass is 295 g/mol. The molecular formula is C11H6F5NO3. The number of halogens is 5. The summed E-state index contributed by atoms with van der Waals surface area (Å²) >= 11 is 0. The normalized spacial score (nSPS) is 11.1. The van der Waals surface area contributed by atoms with Crippen LogP contribution in [0, 0.1) is 11.3 Å². The highest BCUT2D eigenvalue weighted by molar-refractivity contribution is 5.94. The van der Waals surface area contributed by atoms with E-state index < -0.39 is 41.2 Å². The van der Waals surface area contributed by atoms with Crippen LogP contribution in [0.1, 0.15) is 27.9 Å². The Hall–Kier alpha value is -2.37. The fourth-order valence-electron chi connectivity index (χ4n) is 1.45. The van der Waals surface area contributed by atoms with Crippen molar-refractivity contribution in [1.29, 1.82) is 5.26 Å². The molecule has 4 nitrogen and oxygen atoms in total. The van der Waals surface area contributed by atoms with Gasteiger partial charge in [0, 0.05) is 0 Å². The van der Waals surface area contributed by atoms with Gasteiger partial charge in [-0.2, -0.15) is 5.26 Å². The molecule has 1 aromatic carbocycles. The van der Waals surface area contributed by atoms with Crippen LogP contribution in [0.2, 0.25) is 0 Å². The number of nitriles is 1. The van der Waals surface area contributed by atoms with Gasteiger partial charge in [0.25, 0.3) is 6.43 Å². The van der Waals surface area contributed by atoms with Gasteiger partial charge in [-0.15, -0.1) is 13.2 Å². The summed E-state index contributed by atoms with van der Waals surface area (Å²) in [4.78, 5) is 11.4. The number of ether oxygens (including phenoxy) is 2. The summed E-state index contributed by atoms with van der Waals surface area (Å²) in [6, 6.07) is 2.73. The Bertz CT molecular complexity index is 562. The molecule has 0 N–H and O–H groups in total. The summed E-state index contributed by atoms with van der Waals surface area (Å²) in [5.74, 6) is -2.61. The second-order valence-corrected chi connectivity index (χ2v) is 3.35. The number of carbonyl (C=O) groups excluding carboxylic acids is 1. The number of hydrogen-bond donors (Lipinski definition) is 0. The summed E-state index contributed by atoms with van der Waals surface area (Å²) in [7, 11) is 0.843. The van der Waals surface area contributed by atoms with Crippen LogP contribution in [0.5, 0.6) is 5.75 Å². The lowest BCUT2D eigenvalue weighted by Crippen LogP contribution is -2.20. The third kappa shape index (κ3) is 3.34. The summed E-state index contributed by atoms with van der Waals surface area (Å²) in [5.41, 5.74) is -2.83. The molecule has 1 aromatic rings. The van der Waals surface area contributed by atoms with Gasteiger partial charge in [0.05, 0.1) is 23.8 Å². The molecule has 9 heteroatoms. The van der Waals surface area contributed by atoms with Crippen LogP contribution < -0.4 is 4.74 Å². The van der Waals surface area contributed by atoms with E-state index in [2.05, 4.69) is 9.47 Å². The topological polar surface area (TPSA) is 59.3 Å². The molecule has 0 radical (unpaired) electrons. The van der Waals surface area contributed by atoms with E-state index in [-0.39, 0.29) is 0 Å². The van der Waals surface area contributed by atoms with Gasteiger partial charge < -0.3 is 9.47 Å². The Morgan fingerprint density at radius 2 is 1.95 bits per heavy atom. The number of nitrogens with zero attached hydrogens (tertiary/aromatic N) is 1. The van der Waals surface area contributed by atoms with E-state index >= 15 is 0 Å². The number of benzene rings is 1. The maximum absolute atomic E-state index is 12.9. The van der Waals surface area contributed by atoms with Gasteiger partial charge in [-0.1, -0.05) is 0 Å².